The molecule has 0 aromatic heterocycles. The molecule has 2 N–H and O–H groups in total. The van der Waals surface area contributed by atoms with Gasteiger partial charge in [0.25, 0.3) is 0 Å². The second-order valence-corrected chi connectivity index (χ2v) is 6.52. The van der Waals surface area contributed by atoms with Gasteiger partial charge in [-0.15, -0.1) is 0 Å². The van der Waals surface area contributed by atoms with Gasteiger partial charge in [-0.05, 0) is 54.8 Å². The van der Waals surface area contributed by atoms with Gasteiger partial charge in [0.2, 0.25) is 0 Å². The summed E-state index contributed by atoms with van der Waals surface area (Å²) < 4.78 is 5.98. The Morgan fingerprint density at radius 3 is 2.53 bits per heavy atom. The van der Waals surface area contributed by atoms with Crippen LogP contribution >= 0.6 is 0 Å². The summed E-state index contributed by atoms with van der Waals surface area (Å²) in [5.41, 5.74) is 8.51. The average molecular weight is 263 g/mol. The Labute approximate surface area is 118 Å². The van der Waals surface area contributed by atoms with E-state index in [2.05, 4.69) is 52.8 Å². The molecule has 0 aliphatic heterocycles. The second kappa shape index (κ2) is 6.95. The molecule has 0 unspecified atom stereocenters. The zero-order valence-corrected chi connectivity index (χ0v) is 13.1. The number of ether oxygens (including phenoxy) is 1. The van der Waals surface area contributed by atoms with E-state index in [0.717, 1.165) is 31.7 Å². The highest BCUT2D eigenvalue weighted by atomic mass is 16.5. The molecule has 0 bridgehead atoms. The molecule has 0 fully saturated rings. The summed E-state index contributed by atoms with van der Waals surface area (Å²) in [6.45, 7) is 12.4. The van der Waals surface area contributed by atoms with Gasteiger partial charge in [-0.2, -0.15) is 0 Å². The van der Waals surface area contributed by atoms with Crippen molar-refractivity contribution >= 4 is 0 Å². The van der Waals surface area contributed by atoms with Crippen molar-refractivity contribution in [3.8, 4) is 5.75 Å². The van der Waals surface area contributed by atoms with Gasteiger partial charge in [0.15, 0.2) is 0 Å². The first-order valence-corrected chi connectivity index (χ1v) is 7.29. The molecule has 0 heterocycles. The molecule has 1 rings (SSSR count). The normalized spacial score (nSPS) is 11.9. The first-order valence-electron chi connectivity index (χ1n) is 7.29. The van der Waals surface area contributed by atoms with E-state index in [1.165, 1.54) is 11.1 Å². The van der Waals surface area contributed by atoms with E-state index in [-0.39, 0.29) is 5.41 Å². The van der Waals surface area contributed by atoms with Gasteiger partial charge in [-0.1, -0.05) is 39.8 Å². The first-order chi connectivity index (χ1) is 8.85. The quantitative estimate of drug-likeness (QED) is 0.746. The lowest BCUT2D eigenvalue weighted by molar-refractivity contribution is 0.259. The van der Waals surface area contributed by atoms with Crippen molar-refractivity contribution in [2.75, 3.05) is 13.2 Å². The number of benzene rings is 1. The molecule has 0 aliphatic carbocycles. The number of hydrogen-bond donors (Lipinski definition) is 1. The molecular formula is C17H29NO. The van der Waals surface area contributed by atoms with E-state index in [1.54, 1.807) is 0 Å². The van der Waals surface area contributed by atoms with Crippen molar-refractivity contribution in [2.45, 2.75) is 53.4 Å². The van der Waals surface area contributed by atoms with Crippen LogP contribution in [0.2, 0.25) is 0 Å². The summed E-state index contributed by atoms with van der Waals surface area (Å²) in [6, 6.07) is 6.47. The van der Waals surface area contributed by atoms with E-state index in [4.69, 9.17) is 10.5 Å². The van der Waals surface area contributed by atoms with E-state index in [1.807, 2.05) is 0 Å². The van der Waals surface area contributed by atoms with Crippen LogP contribution in [-0.2, 0) is 0 Å². The molecule has 0 radical (unpaired) electrons. The molecule has 2 nitrogen and oxygen atoms in total. The lowest BCUT2D eigenvalue weighted by Gasteiger charge is -2.22. The molecule has 0 saturated carbocycles. The second-order valence-electron chi connectivity index (χ2n) is 6.52. The molecular weight excluding hydrogens is 234 g/mol. The van der Waals surface area contributed by atoms with Crippen molar-refractivity contribution in [3.05, 3.63) is 29.3 Å². The molecule has 19 heavy (non-hydrogen) atoms. The Balaban J connectivity index is 2.55. The fourth-order valence-electron chi connectivity index (χ4n) is 2.08. The summed E-state index contributed by atoms with van der Waals surface area (Å²) in [4.78, 5) is 0. The predicted octanol–water partition coefficient (Wildman–Crippen LogP) is 4.26. The van der Waals surface area contributed by atoms with E-state index >= 15 is 0 Å². The zero-order valence-electron chi connectivity index (χ0n) is 13.1. The molecule has 1 aromatic carbocycles. The van der Waals surface area contributed by atoms with Crippen LogP contribution in [0.1, 0.15) is 57.6 Å². The maximum absolute atomic E-state index is 5.98. The van der Waals surface area contributed by atoms with Crippen LogP contribution in [0.15, 0.2) is 18.2 Å². The number of nitrogens with two attached hydrogens (primary N) is 1. The summed E-state index contributed by atoms with van der Waals surface area (Å²) in [7, 11) is 0. The molecule has 0 spiro atoms. The smallest absolute Gasteiger partial charge is 0.122 e. The van der Waals surface area contributed by atoms with Crippen LogP contribution in [0.25, 0.3) is 0 Å². The van der Waals surface area contributed by atoms with Crippen molar-refractivity contribution in [2.24, 2.45) is 11.1 Å². The highest BCUT2D eigenvalue weighted by Crippen LogP contribution is 2.28. The fourth-order valence-corrected chi connectivity index (χ4v) is 2.08. The molecule has 2 heteroatoms. The third-order valence-corrected chi connectivity index (χ3v) is 3.60. The zero-order chi connectivity index (χ0) is 14.5. The van der Waals surface area contributed by atoms with Crippen molar-refractivity contribution in [1.29, 1.82) is 0 Å². The molecule has 0 amide bonds. The minimum absolute atomic E-state index is 0.219. The van der Waals surface area contributed by atoms with Crippen LogP contribution in [-0.4, -0.2) is 13.2 Å². The standard InChI is InChI=1S/C17H29NO/c1-13(2)15-8-7-14(3)11-16(15)19-10-6-9-17(4,5)12-18/h7-8,11,13H,6,9-10,12,18H2,1-5H3. The number of aryl methyl sites for hydroxylation is 1. The third kappa shape index (κ3) is 5.23. The van der Waals surface area contributed by atoms with Crippen LogP contribution in [0.3, 0.4) is 0 Å². The highest BCUT2D eigenvalue weighted by molar-refractivity contribution is 5.39. The van der Waals surface area contributed by atoms with E-state index in [9.17, 15) is 0 Å². The summed E-state index contributed by atoms with van der Waals surface area (Å²) in [5, 5.41) is 0. The van der Waals surface area contributed by atoms with Gasteiger partial charge in [-0.3, -0.25) is 0 Å². The minimum Gasteiger partial charge on any atom is -0.493 e. The predicted molar refractivity (Wildman–Crippen MR) is 82.8 cm³/mol. The molecule has 0 aliphatic rings. The Bertz CT molecular complexity index is 396. The Hall–Kier alpha value is -1.02. The van der Waals surface area contributed by atoms with Gasteiger partial charge >= 0.3 is 0 Å². The number of rotatable bonds is 7. The van der Waals surface area contributed by atoms with Gasteiger partial charge in [-0.25, -0.2) is 0 Å². The van der Waals surface area contributed by atoms with E-state index in [0.29, 0.717) is 5.92 Å². The van der Waals surface area contributed by atoms with Crippen LogP contribution < -0.4 is 10.5 Å². The molecule has 1 aromatic rings. The molecule has 0 saturated heterocycles. The molecule has 108 valence electrons. The van der Waals surface area contributed by atoms with Crippen LogP contribution in [0, 0.1) is 12.3 Å². The summed E-state index contributed by atoms with van der Waals surface area (Å²) in [6.07, 6.45) is 2.15. The van der Waals surface area contributed by atoms with Gasteiger partial charge in [0, 0.05) is 0 Å². The maximum Gasteiger partial charge on any atom is 0.122 e. The highest BCUT2D eigenvalue weighted by Gasteiger charge is 2.15. The monoisotopic (exact) mass is 263 g/mol. The minimum atomic E-state index is 0.219. The Kier molecular flexibility index (Phi) is 5.86. The Morgan fingerprint density at radius 1 is 1.26 bits per heavy atom. The van der Waals surface area contributed by atoms with E-state index < -0.39 is 0 Å². The van der Waals surface area contributed by atoms with Crippen LogP contribution in [0.5, 0.6) is 5.75 Å². The van der Waals surface area contributed by atoms with Gasteiger partial charge in [0.05, 0.1) is 6.61 Å². The first kappa shape index (κ1) is 16.0. The van der Waals surface area contributed by atoms with Crippen molar-refractivity contribution in [1.82, 2.24) is 0 Å². The largest absolute Gasteiger partial charge is 0.493 e. The van der Waals surface area contributed by atoms with Crippen LogP contribution in [0.4, 0.5) is 0 Å². The summed E-state index contributed by atoms with van der Waals surface area (Å²) in [5.74, 6) is 1.54. The topological polar surface area (TPSA) is 35.2 Å². The summed E-state index contributed by atoms with van der Waals surface area (Å²) >= 11 is 0. The fraction of sp³-hybridized carbons (Fsp3) is 0.647. The van der Waals surface area contributed by atoms with Gasteiger partial charge in [0.1, 0.15) is 5.75 Å². The van der Waals surface area contributed by atoms with Gasteiger partial charge < -0.3 is 10.5 Å². The lowest BCUT2D eigenvalue weighted by atomic mass is 9.88. The van der Waals surface area contributed by atoms with Crippen molar-refractivity contribution in [3.63, 3.8) is 0 Å². The number of hydrogen-bond acceptors (Lipinski definition) is 2. The Morgan fingerprint density at radius 2 is 1.95 bits per heavy atom. The average Bonchev–Trinajstić information content (AvgIpc) is 2.34. The lowest BCUT2D eigenvalue weighted by Crippen LogP contribution is -2.24. The van der Waals surface area contributed by atoms with Crippen molar-refractivity contribution < 1.29 is 4.74 Å². The molecule has 0 atom stereocenters. The third-order valence-electron chi connectivity index (χ3n) is 3.60. The maximum atomic E-state index is 5.98. The SMILES string of the molecule is Cc1ccc(C(C)C)c(OCCCC(C)(C)CN)c1.